The molecule has 1 fully saturated rings. The fourth-order valence-electron chi connectivity index (χ4n) is 2.52. The molecule has 2 rings (SSSR count). The van der Waals surface area contributed by atoms with Gasteiger partial charge in [-0.15, -0.1) is 0 Å². The molecule has 1 saturated carbocycles. The minimum Gasteiger partial charge on any atom is -0.368 e. The van der Waals surface area contributed by atoms with Crippen LogP contribution in [0, 0.1) is 11.7 Å². The Labute approximate surface area is 140 Å². The van der Waals surface area contributed by atoms with Gasteiger partial charge < -0.3 is 16.4 Å². The summed E-state index contributed by atoms with van der Waals surface area (Å²) < 4.78 is 13.0. The lowest BCUT2D eigenvalue weighted by molar-refractivity contribution is -0.131. The molecule has 2 atom stereocenters. The van der Waals surface area contributed by atoms with Crippen molar-refractivity contribution in [2.75, 3.05) is 0 Å². The van der Waals surface area contributed by atoms with Crippen LogP contribution in [0.2, 0.25) is 0 Å². The Morgan fingerprint density at radius 2 is 1.79 bits per heavy atom. The van der Waals surface area contributed by atoms with E-state index in [1.165, 1.54) is 19.1 Å². The summed E-state index contributed by atoms with van der Waals surface area (Å²) >= 11 is 0. The fourth-order valence-corrected chi connectivity index (χ4v) is 2.52. The molecular formula is C17H22FN3O3. The van der Waals surface area contributed by atoms with E-state index in [0.29, 0.717) is 17.9 Å². The lowest BCUT2D eigenvalue weighted by Crippen LogP contribution is -2.53. The topological polar surface area (TPSA) is 101 Å². The number of carbonyl (C=O) groups excluding carboxylic acids is 3. The molecule has 0 saturated heterocycles. The Kier molecular flexibility index (Phi) is 5.89. The molecule has 24 heavy (non-hydrogen) atoms. The molecule has 1 aromatic rings. The summed E-state index contributed by atoms with van der Waals surface area (Å²) in [7, 11) is 0. The molecule has 0 unspecified atom stereocenters. The first-order valence-corrected chi connectivity index (χ1v) is 7.96. The lowest BCUT2D eigenvalue weighted by Gasteiger charge is -2.21. The molecule has 4 N–H and O–H groups in total. The van der Waals surface area contributed by atoms with Gasteiger partial charge >= 0.3 is 0 Å². The summed E-state index contributed by atoms with van der Waals surface area (Å²) in [6, 6.07) is 4.08. The zero-order valence-electron chi connectivity index (χ0n) is 13.5. The Balaban J connectivity index is 2.04. The van der Waals surface area contributed by atoms with Crippen LogP contribution < -0.4 is 16.4 Å². The Bertz CT molecular complexity index is 614. The number of benzene rings is 1. The van der Waals surface area contributed by atoms with Gasteiger partial charge in [0.25, 0.3) is 0 Å². The molecule has 7 heteroatoms. The highest BCUT2D eigenvalue weighted by Gasteiger charge is 2.31. The summed E-state index contributed by atoms with van der Waals surface area (Å²) in [5, 5.41) is 5.18. The summed E-state index contributed by atoms with van der Waals surface area (Å²) in [5.74, 6) is -1.38. The molecule has 0 spiro atoms. The normalized spacial score (nSPS) is 16.1. The second-order valence-electron chi connectivity index (χ2n) is 6.23. The summed E-state index contributed by atoms with van der Waals surface area (Å²) in [4.78, 5) is 35.3. The van der Waals surface area contributed by atoms with E-state index in [-0.39, 0.29) is 18.1 Å². The van der Waals surface area contributed by atoms with Gasteiger partial charge in [-0.3, -0.25) is 14.4 Å². The van der Waals surface area contributed by atoms with Crippen molar-refractivity contribution in [3.8, 4) is 0 Å². The van der Waals surface area contributed by atoms with Crippen LogP contribution in [-0.4, -0.2) is 29.8 Å². The highest BCUT2D eigenvalue weighted by atomic mass is 19.1. The van der Waals surface area contributed by atoms with E-state index in [0.717, 1.165) is 12.8 Å². The number of carbonyl (C=O) groups is 3. The van der Waals surface area contributed by atoms with Crippen LogP contribution in [-0.2, 0) is 20.8 Å². The SMILES string of the molecule is CC(=O)N[C@H](Cc1ccc(F)cc1)C(=O)N[C@H](CC1CC1)C(N)=O. The van der Waals surface area contributed by atoms with Crippen molar-refractivity contribution >= 4 is 17.7 Å². The molecule has 0 bridgehead atoms. The van der Waals surface area contributed by atoms with Crippen LogP contribution in [0.3, 0.4) is 0 Å². The van der Waals surface area contributed by atoms with Crippen molar-refractivity contribution in [2.24, 2.45) is 11.7 Å². The van der Waals surface area contributed by atoms with Crippen molar-refractivity contribution in [1.82, 2.24) is 10.6 Å². The number of nitrogens with two attached hydrogens (primary N) is 1. The predicted octanol–water partition coefficient (Wildman–Crippen LogP) is 0.643. The predicted molar refractivity (Wildman–Crippen MR) is 86.2 cm³/mol. The highest BCUT2D eigenvalue weighted by molar-refractivity contribution is 5.91. The van der Waals surface area contributed by atoms with Crippen LogP contribution in [0.1, 0.15) is 31.7 Å². The average molecular weight is 335 g/mol. The van der Waals surface area contributed by atoms with Crippen LogP contribution in [0.4, 0.5) is 4.39 Å². The van der Waals surface area contributed by atoms with Crippen LogP contribution >= 0.6 is 0 Å². The largest absolute Gasteiger partial charge is 0.368 e. The van der Waals surface area contributed by atoms with Gasteiger partial charge in [0.1, 0.15) is 17.9 Å². The lowest BCUT2D eigenvalue weighted by atomic mass is 10.0. The second kappa shape index (κ2) is 7.90. The third-order valence-corrected chi connectivity index (χ3v) is 3.97. The van der Waals surface area contributed by atoms with Crippen LogP contribution in [0.15, 0.2) is 24.3 Å². The molecule has 0 heterocycles. The quantitative estimate of drug-likeness (QED) is 0.650. The third-order valence-electron chi connectivity index (χ3n) is 3.97. The Morgan fingerprint density at radius 1 is 1.17 bits per heavy atom. The summed E-state index contributed by atoms with van der Waals surface area (Å²) in [5.41, 5.74) is 6.05. The molecule has 1 aliphatic rings. The average Bonchev–Trinajstić information content (AvgIpc) is 3.31. The standard InChI is InChI=1S/C17H22FN3O3/c1-10(22)20-15(9-12-4-6-13(18)7-5-12)17(24)21-14(16(19)23)8-11-2-3-11/h4-7,11,14-15H,2-3,8-9H2,1H3,(H2,19,23)(H,20,22)(H,21,24)/t14-,15-/m1/s1. The maximum absolute atomic E-state index is 13.0. The first-order chi connectivity index (χ1) is 11.3. The minimum absolute atomic E-state index is 0.195. The fraction of sp³-hybridized carbons (Fsp3) is 0.471. The van der Waals surface area contributed by atoms with E-state index in [9.17, 15) is 18.8 Å². The van der Waals surface area contributed by atoms with Gasteiger partial charge in [-0.1, -0.05) is 25.0 Å². The zero-order chi connectivity index (χ0) is 17.7. The summed E-state index contributed by atoms with van der Waals surface area (Å²) in [6.45, 7) is 1.31. The highest BCUT2D eigenvalue weighted by Crippen LogP contribution is 2.33. The molecule has 1 aliphatic carbocycles. The van der Waals surface area contributed by atoms with Gasteiger partial charge in [0.05, 0.1) is 0 Å². The molecule has 130 valence electrons. The van der Waals surface area contributed by atoms with Crippen molar-refractivity contribution in [3.05, 3.63) is 35.6 Å². The molecule has 0 radical (unpaired) electrons. The van der Waals surface area contributed by atoms with Crippen LogP contribution in [0.25, 0.3) is 0 Å². The number of nitrogens with one attached hydrogen (secondary N) is 2. The number of primary amides is 1. The van der Waals surface area contributed by atoms with Crippen molar-refractivity contribution in [3.63, 3.8) is 0 Å². The first-order valence-electron chi connectivity index (χ1n) is 7.96. The molecule has 0 aromatic heterocycles. The van der Waals surface area contributed by atoms with Gasteiger partial charge in [-0.2, -0.15) is 0 Å². The minimum atomic E-state index is -0.853. The molecular weight excluding hydrogens is 313 g/mol. The monoisotopic (exact) mass is 335 g/mol. The molecule has 6 nitrogen and oxygen atoms in total. The van der Waals surface area contributed by atoms with E-state index < -0.39 is 23.9 Å². The van der Waals surface area contributed by atoms with Crippen molar-refractivity contribution in [2.45, 2.75) is 44.7 Å². The smallest absolute Gasteiger partial charge is 0.243 e. The Morgan fingerprint density at radius 3 is 2.29 bits per heavy atom. The maximum Gasteiger partial charge on any atom is 0.243 e. The summed E-state index contributed by atoms with van der Waals surface area (Å²) in [6.07, 6.45) is 2.78. The number of hydrogen-bond donors (Lipinski definition) is 3. The number of amides is 3. The zero-order valence-corrected chi connectivity index (χ0v) is 13.5. The van der Waals surface area contributed by atoms with E-state index >= 15 is 0 Å². The number of hydrogen-bond acceptors (Lipinski definition) is 3. The number of halogens is 1. The molecule has 1 aromatic carbocycles. The van der Waals surface area contributed by atoms with Crippen LogP contribution in [0.5, 0.6) is 0 Å². The Hall–Kier alpha value is -2.44. The molecule has 3 amide bonds. The van der Waals surface area contributed by atoms with E-state index in [1.807, 2.05) is 0 Å². The van der Waals surface area contributed by atoms with E-state index in [2.05, 4.69) is 10.6 Å². The maximum atomic E-state index is 13.0. The van der Waals surface area contributed by atoms with Gasteiger partial charge in [0, 0.05) is 13.3 Å². The van der Waals surface area contributed by atoms with Gasteiger partial charge in [-0.05, 0) is 30.0 Å². The van der Waals surface area contributed by atoms with Crippen molar-refractivity contribution in [1.29, 1.82) is 0 Å². The van der Waals surface area contributed by atoms with E-state index in [1.54, 1.807) is 12.1 Å². The van der Waals surface area contributed by atoms with Gasteiger partial charge in [0.15, 0.2) is 0 Å². The van der Waals surface area contributed by atoms with Gasteiger partial charge in [0.2, 0.25) is 17.7 Å². The third kappa shape index (κ3) is 5.64. The van der Waals surface area contributed by atoms with E-state index in [4.69, 9.17) is 5.73 Å². The number of rotatable bonds is 8. The second-order valence-corrected chi connectivity index (χ2v) is 6.23. The molecule has 0 aliphatic heterocycles. The van der Waals surface area contributed by atoms with Gasteiger partial charge in [-0.25, -0.2) is 4.39 Å². The van der Waals surface area contributed by atoms with Crippen molar-refractivity contribution < 1.29 is 18.8 Å². The first kappa shape index (κ1) is 17.9.